The summed E-state index contributed by atoms with van der Waals surface area (Å²) in [5.41, 5.74) is 0.643. The molecule has 0 aliphatic heterocycles. The van der Waals surface area contributed by atoms with Crippen LogP contribution in [0.1, 0.15) is 85.1 Å². The van der Waals surface area contributed by atoms with Gasteiger partial charge in [-0.3, -0.25) is 14.4 Å². The number of unbranched alkanes of at least 4 members (excludes halogenated alkanes) is 1. The Bertz CT molecular complexity index is 842. The summed E-state index contributed by atoms with van der Waals surface area (Å²) in [6.07, 6.45) is 5.23. The van der Waals surface area contributed by atoms with Crippen LogP contribution in [0.15, 0.2) is 30.3 Å². The van der Waals surface area contributed by atoms with Gasteiger partial charge in [-0.05, 0) is 63.9 Å². The second-order valence-corrected chi connectivity index (χ2v) is 11.1. The molecular formula is C29H47N3O4. The first kappa shape index (κ1) is 29.8. The Morgan fingerprint density at radius 2 is 1.83 bits per heavy atom. The third kappa shape index (κ3) is 9.57. The van der Waals surface area contributed by atoms with E-state index in [1.54, 1.807) is 0 Å². The molecule has 0 aromatic heterocycles. The zero-order valence-corrected chi connectivity index (χ0v) is 22.8. The third-order valence-electron chi connectivity index (χ3n) is 7.53. The Balaban J connectivity index is 2.08. The van der Waals surface area contributed by atoms with Gasteiger partial charge in [-0.15, -0.1) is 0 Å². The lowest BCUT2D eigenvalue weighted by Crippen LogP contribution is -2.52. The van der Waals surface area contributed by atoms with Crippen LogP contribution >= 0.6 is 0 Å². The van der Waals surface area contributed by atoms with Crippen molar-refractivity contribution in [3.8, 4) is 0 Å². The van der Waals surface area contributed by atoms with Gasteiger partial charge < -0.3 is 21.1 Å². The quantitative estimate of drug-likeness (QED) is 0.309. The normalized spacial score (nSPS) is 20.6. The van der Waals surface area contributed by atoms with Crippen LogP contribution in [0.5, 0.6) is 0 Å². The van der Waals surface area contributed by atoms with E-state index in [2.05, 4.69) is 22.9 Å². The smallest absolute Gasteiger partial charge is 0.223 e. The molecule has 36 heavy (non-hydrogen) atoms. The molecule has 0 spiro atoms. The Morgan fingerprint density at radius 1 is 1.14 bits per heavy atom. The average molecular weight is 502 g/mol. The molecule has 1 aromatic carbocycles. The molecule has 2 rings (SSSR count). The lowest BCUT2D eigenvalue weighted by Gasteiger charge is -2.40. The van der Waals surface area contributed by atoms with Crippen molar-refractivity contribution in [2.45, 2.75) is 104 Å². The second kappa shape index (κ2) is 14.4. The first-order valence-electron chi connectivity index (χ1n) is 13.6. The fourth-order valence-electron chi connectivity index (χ4n) is 5.29. The number of carbonyl (C=O) groups is 3. The highest BCUT2D eigenvalue weighted by atomic mass is 16.3. The Hall–Kier alpha value is -2.41. The maximum Gasteiger partial charge on any atom is 0.223 e. The van der Waals surface area contributed by atoms with Gasteiger partial charge in [0.25, 0.3) is 0 Å². The van der Waals surface area contributed by atoms with Crippen molar-refractivity contribution in [1.29, 1.82) is 0 Å². The highest BCUT2D eigenvalue weighted by Gasteiger charge is 2.37. The molecule has 0 heterocycles. The molecule has 7 nitrogen and oxygen atoms in total. The van der Waals surface area contributed by atoms with Gasteiger partial charge >= 0.3 is 0 Å². The van der Waals surface area contributed by atoms with Crippen molar-refractivity contribution in [3.63, 3.8) is 0 Å². The average Bonchev–Trinajstić information content (AvgIpc) is 2.83. The van der Waals surface area contributed by atoms with Crippen LogP contribution in [-0.2, 0) is 20.8 Å². The van der Waals surface area contributed by atoms with Crippen LogP contribution in [0, 0.1) is 17.8 Å². The van der Waals surface area contributed by atoms with E-state index < -0.39 is 12.1 Å². The summed E-state index contributed by atoms with van der Waals surface area (Å²) in [5, 5.41) is 20.3. The number of carbonyl (C=O) groups excluding carboxylic acids is 3. The molecule has 3 amide bonds. The molecule has 0 bridgehead atoms. The summed E-state index contributed by atoms with van der Waals surface area (Å²) in [6, 6.07) is 9.31. The predicted octanol–water partition coefficient (Wildman–Crippen LogP) is 3.74. The Kier molecular flexibility index (Phi) is 11.9. The number of hydrogen-bond donors (Lipinski definition) is 4. The van der Waals surface area contributed by atoms with E-state index in [1.807, 2.05) is 51.1 Å². The lowest BCUT2D eigenvalue weighted by molar-refractivity contribution is -0.128. The van der Waals surface area contributed by atoms with Crippen molar-refractivity contribution in [3.05, 3.63) is 35.9 Å². The zero-order chi connectivity index (χ0) is 26.7. The van der Waals surface area contributed by atoms with E-state index >= 15 is 0 Å². The maximum atomic E-state index is 13.4. The molecule has 5 atom stereocenters. The minimum atomic E-state index is -0.851. The van der Waals surface area contributed by atoms with Crippen molar-refractivity contribution in [2.24, 2.45) is 17.8 Å². The maximum absolute atomic E-state index is 13.4. The number of amides is 3. The van der Waals surface area contributed by atoms with Crippen LogP contribution in [-0.4, -0.2) is 47.1 Å². The van der Waals surface area contributed by atoms with Crippen LogP contribution < -0.4 is 16.0 Å². The summed E-state index contributed by atoms with van der Waals surface area (Å²) in [4.78, 5) is 37.5. The number of hydrogen-bond acceptors (Lipinski definition) is 4. The van der Waals surface area contributed by atoms with E-state index in [4.69, 9.17) is 0 Å². The molecule has 1 fully saturated rings. The second-order valence-electron chi connectivity index (χ2n) is 11.1. The molecule has 1 aliphatic rings. The number of rotatable bonds is 13. The van der Waals surface area contributed by atoms with Gasteiger partial charge in [0.1, 0.15) is 0 Å². The molecule has 0 radical (unpaired) electrons. The molecule has 7 heteroatoms. The summed E-state index contributed by atoms with van der Waals surface area (Å²) < 4.78 is 0. The van der Waals surface area contributed by atoms with Gasteiger partial charge in [0.05, 0.1) is 12.1 Å². The minimum absolute atomic E-state index is 0.0571. The predicted molar refractivity (Wildman–Crippen MR) is 143 cm³/mol. The Morgan fingerprint density at radius 3 is 2.47 bits per heavy atom. The van der Waals surface area contributed by atoms with E-state index in [9.17, 15) is 19.5 Å². The molecule has 1 saturated carbocycles. The largest absolute Gasteiger partial charge is 0.391 e. The zero-order valence-electron chi connectivity index (χ0n) is 22.8. The van der Waals surface area contributed by atoms with Gasteiger partial charge in [0.15, 0.2) is 0 Å². The van der Waals surface area contributed by atoms with E-state index in [1.165, 1.54) is 6.92 Å². The van der Waals surface area contributed by atoms with Crippen LogP contribution in [0.3, 0.4) is 0 Å². The minimum Gasteiger partial charge on any atom is -0.391 e. The van der Waals surface area contributed by atoms with E-state index in [0.717, 1.165) is 37.7 Å². The van der Waals surface area contributed by atoms with Crippen LogP contribution in [0.4, 0.5) is 0 Å². The number of aliphatic hydroxyl groups excluding tert-OH is 1. The highest BCUT2D eigenvalue weighted by Crippen LogP contribution is 2.36. The first-order valence-corrected chi connectivity index (χ1v) is 13.6. The lowest BCUT2D eigenvalue weighted by atomic mass is 9.72. The SMILES string of the molecule is CCCCNC(=O)[C@H](C)C[C@H](O)C(Cc1ccccc1)NC(=O)[C@H]1CCC[C@H](C(C)(C)NC(C)=O)C1. The van der Waals surface area contributed by atoms with Crippen molar-refractivity contribution >= 4 is 17.7 Å². The van der Waals surface area contributed by atoms with Gasteiger partial charge in [-0.1, -0.05) is 57.0 Å². The fraction of sp³-hybridized carbons (Fsp3) is 0.690. The van der Waals surface area contributed by atoms with Crippen LogP contribution in [0.2, 0.25) is 0 Å². The molecule has 1 aromatic rings. The number of aliphatic hydroxyl groups is 1. The van der Waals surface area contributed by atoms with Crippen molar-refractivity contribution < 1.29 is 19.5 Å². The van der Waals surface area contributed by atoms with E-state index in [-0.39, 0.29) is 47.4 Å². The number of nitrogens with one attached hydrogen (secondary N) is 3. The Labute approximate surface area is 217 Å². The molecule has 202 valence electrons. The van der Waals surface area contributed by atoms with Crippen molar-refractivity contribution in [1.82, 2.24) is 16.0 Å². The molecule has 0 saturated heterocycles. The van der Waals surface area contributed by atoms with Gasteiger partial charge in [-0.25, -0.2) is 0 Å². The van der Waals surface area contributed by atoms with Gasteiger partial charge in [0.2, 0.25) is 17.7 Å². The topological polar surface area (TPSA) is 108 Å². The van der Waals surface area contributed by atoms with Crippen molar-refractivity contribution in [2.75, 3.05) is 6.54 Å². The third-order valence-corrected chi connectivity index (χ3v) is 7.53. The molecular weight excluding hydrogens is 454 g/mol. The van der Waals surface area contributed by atoms with Gasteiger partial charge in [-0.2, -0.15) is 0 Å². The molecule has 1 aliphatic carbocycles. The summed E-state index contributed by atoms with van der Waals surface area (Å²) in [7, 11) is 0. The van der Waals surface area contributed by atoms with E-state index in [0.29, 0.717) is 19.4 Å². The fourth-order valence-corrected chi connectivity index (χ4v) is 5.29. The molecule has 1 unspecified atom stereocenters. The monoisotopic (exact) mass is 501 g/mol. The summed E-state index contributed by atoms with van der Waals surface area (Å²) >= 11 is 0. The van der Waals surface area contributed by atoms with Gasteiger partial charge in [0, 0.05) is 30.8 Å². The summed E-state index contributed by atoms with van der Waals surface area (Å²) in [5.74, 6) is -0.511. The first-order chi connectivity index (χ1) is 17.0. The number of benzene rings is 1. The summed E-state index contributed by atoms with van der Waals surface area (Å²) in [6.45, 7) is 10.1. The highest BCUT2D eigenvalue weighted by molar-refractivity contribution is 5.79. The molecule has 4 N–H and O–H groups in total. The standard InChI is InChI=1S/C29H47N3O4/c1-6-7-16-30-27(35)20(2)17-26(34)25(18-22-12-9-8-10-13-22)31-28(36)23-14-11-15-24(19-23)29(4,5)32-21(3)33/h8-10,12-13,20,23-26,34H,6-7,11,14-19H2,1-5H3,(H,30,35)(H,31,36)(H,32,33)/t20-,23+,24+,25?,26+/m1/s1. The van der Waals surface area contributed by atoms with Crippen LogP contribution in [0.25, 0.3) is 0 Å².